The van der Waals surface area contributed by atoms with Crippen LogP contribution in [0.15, 0.2) is 12.2 Å². The summed E-state index contributed by atoms with van der Waals surface area (Å²) in [5.41, 5.74) is -0.709. The van der Waals surface area contributed by atoms with Gasteiger partial charge in [0.25, 0.3) is 0 Å². The smallest absolute Gasteiger partial charge is 0.333 e. The Bertz CT molecular complexity index is 542. The van der Waals surface area contributed by atoms with Gasteiger partial charge in [0.05, 0.1) is 17.1 Å². The van der Waals surface area contributed by atoms with Gasteiger partial charge in [-0.05, 0) is 63.7 Å². The van der Waals surface area contributed by atoms with Crippen molar-refractivity contribution in [3.05, 3.63) is 12.2 Å². The number of hydrogen-bond acceptors (Lipinski definition) is 4. The first kappa shape index (κ1) is 17.5. The molecule has 5 heteroatoms. The van der Waals surface area contributed by atoms with Gasteiger partial charge >= 0.3 is 5.97 Å². The fourth-order valence-electron chi connectivity index (χ4n) is 5.38. The Hall–Kier alpha value is -1.36. The summed E-state index contributed by atoms with van der Waals surface area (Å²) in [5, 5.41) is 13.9. The fourth-order valence-corrected chi connectivity index (χ4v) is 5.38. The van der Waals surface area contributed by atoms with E-state index in [0.29, 0.717) is 30.3 Å². The maximum Gasteiger partial charge on any atom is 0.333 e. The summed E-state index contributed by atoms with van der Waals surface area (Å²) in [6, 6.07) is -0.191. The van der Waals surface area contributed by atoms with Crippen LogP contribution < -0.4 is 5.32 Å². The topological polar surface area (TPSA) is 75.6 Å². The molecule has 0 aromatic carbocycles. The quantitative estimate of drug-likeness (QED) is 0.577. The van der Waals surface area contributed by atoms with E-state index in [0.717, 1.165) is 32.1 Å². The summed E-state index contributed by atoms with van der Waals surface area (Å²) in [5.74, 6) is 0.562. The minimum absolute atomic E-state index is 0.0354. The summed E-state index contributed by atoms with van der Waals surface area (Å²) in [6.45, 7) is 7.31. The van der Waals surface area contributed by atoms with Crippen molar-refractivity contribution in [2.24, 2.45) is 17.3 Å². The molecule has 5 nitrogen and oxygen atoms in total. The van der Waals surface area contributed by atoms with Crippen molar-refractivity contribution in [1.29, 1.82) is 0 Å². The lowest BCUT2D eigenvalue weighted by Gasteiger charge is -2.59. The molecule has 0 aromatic heterocycles. The average molecular weight is 335 g/mol. The van der Waals surface area contributed by atoms with Gasteiger partial charge in [-0.3, -0.25) is 4.79 Å². The van der Waals surface area contributed by atoms with Gasteiger partial charge in [0.2, 0.25) is 5.91 Å². The van der Waals surface area contributed by atoms with E-state index in [4.69, 9.17) is 4.74 Å². The maximum atomic E-state index is 13.0. The van der Waals surface area contributed by atoms with E-state index in [9.17, 15) is 14.7 Å². The molecule has 0 radical (unpaired) electrons. The highest BCUT2D eigenvalue weighted by atomic mass is 16.5. The molecule has 1 amide bonds. The summed E-state index contributed by atoms with van der Waals surface area (Å²) >= 11 is 0. The predicted molar refractivity (Wildman–Crippen MR) is 90.1 cm³/mol. The zero-order valence-electron chi connectivity index (χ0n) is 14.8. The van der Waals surface area contributed by atoms with Gasteiger partial charge in [-0.1, -0.05) is 13.5 Å². The van der Waals surface area contributed by atoms with Gasteiger partial charge in [0, 0.05) is 5.57 Å². The molecule has 3 atom stereocenters. The number of ether oxygens (including phenoxy) is 1. The van der Waals surface area contributed by atoms with Gasteiger partial charge < -0.3 is 15.2 Å². The first-order chi connectivity index (χ1) is 11.3. The highest BCUT2D eigenvalue weighted by molar-refractivity contribution is 5.87. The Balaban J connectivity index is 1.63. The van der Waals surface area contributed by atoms with Crippen LogP contribution in [0.3, 0.4) is 0 Å². The van der Waals surface area contributed by atoms with Crippen molar-refractivity contribution in [1.82, 2.24) is 5.32 Å². The Morgan fingerprint density at radius 3 is 2.42 bits per heavy atom. The molecule has 24 heavy (non-hydrogen) atoms. The molecule has 3 unspecified atom stereocenters. The number of amides is 1. The Kier molecular flexibility index (Phi) is 4.49. The van der Waals surface area contributed by atoms with E-state index < -0.39 is 17.0 Å². The van der Waals surface area contributed by atoms with Crippen LogP contribution >= 0.6 is 0 Å². The van der Waals surface area contributed by atoms with Crippen molar-refractivity contribution in [2.75, 3.05) is 6.61 Å². The number of aliphatic hydroxyl groups is 1. The van der Waals surface area contributed by atoms with Crippen molar-refractivity contribution >= 4 is 11.9 Å². The molecule has 0 aromatic rings. The van der Waals surface area contributed by atoms with Gasteiger partial charge in [0.15, 0.2) is 0 Å². The van der Waals surface area contributed by atoms with Crippen LogP contribution in [0.5, 0.6) is 0 Å². The van der Waals surface area contributed by atoms with Crippen LogP contribution in [0.1, 0.15) is 58.8 Å². The number of rotatable bonds is 6. The normalized spacial score (nSPS) is 37.8. The van der Waals surface area contributed by atoms with E-state index in [1.807, 2.05) is 6.92 Å². The highest BCUT2D eigenvalue weighted by Crippen LogP contribution is 2.61. The number of esters is 1. The monoisotopic (exact) mass is 335 g/mol. The molecular formula is C19H29NO4. The summed E-state index contributed by atoms with van der Waals surface area (Å²) in [4.78, 5) is 24.6. The molecule has 0 spiro atoms. The van der Waals surface area contributed by atoms with Gasteiger partial charge in [0.1, 0.15) is 6.61 Å². The van der Waals surface area contributed by atoms with E-state index in [1.165, 1.54) is 0 Å². The van der Waals surface area contributed by atoms with Crippen LogP contribution in [0.25, 0.3) is 0 Å². The summed E-state index contributed by atoms with van der Waals surface area (Å²) in [7, 11) is 0. The first-order valence-corrected chi connectivity index (χ1v) is 9.11. The number of carbonyl (C=O) groups excluding carboxylic acids is 2. The Labute approximate surface area is 143 Å². The first-order valence-electron chi connectivity index (χ1n) is 9.11. The Morgan fingerprint density at radius 2 is 1.92 bits per heavy atom. The van der Waals surface area contributed by atoms with Crippen LogP contribution in [0.4, 0.5) is 0 Å². The van der Waals surface area contributed by atoms with Crippen LogP contribution in [0, 0.1) is 17.3 Å². The second-order valence-electron chi connectivity index (χ2n) is 8.42. The molecule has 4 aliphatic rings. The molecule has 4 bridgehead atoms. The fraction of sp³-hybridized carbons (Fsp3) is 0.789. The maximum absolute atomic E-state index is 13.0. The molecule has 4 saturated carbocycles. The van der Waals surface area contributed by atoms with Crippen molar-refractivity contribution < 1.29 is 19.4 Å². The molecule has 134 valence electrons. The predicted octanol–water partition coefficient (Wildman–Crippen LogP) is 2.33. The van der Waals surface area contributed by atoms with Crippen molar-refractivity contribution in [2.45, 2.75) is 70.4 Å². The number of nitrogens with one attached hydrogen (secondary N) is 1. The highest BCUT2D eigenvalue weighted by Gasteiger charge is 2.60. The van der Waals surface area contributed by atoms with E-state index >= 15 is 0 Å². The van der Waals surface area contributed by atoms with E-state index in [1.54, 1.807) is 6.92 Å². The second-order valence-corrected chi connectivity index (χ2v) is 8.42. The zero-order valence-corrected chi connectivity index (χ0v) is 14.8. The summed E-state index contributed by atoms with van der Waals surface area (Å²) in [6.07, 6.45) is 5.92. The van der Waals surface area contributed by atoms with E-state index in [2.05, 4.69) is 11.9 Å². The molecule has 0 heterocycles. The third-order valence-electron chi connectivity index (χ3n) is 6.10. The minimum Gasteiger partial charge on any atom is -0.460 e. The number of carbonyl (C=O) groups is 2. The molecular weight excluding hydrogens is 306 g/mol. The van der Waals surface area contributed by atoms with E-state index in [-0.39, 0.29) is 18.6 Å². The molecule has 4 rings (SSSR count). The molecule has 0 aliphatic heterocycles. The third-order valence-corrected chi connectivity index (χ3v) is 6.10. The minimum atomic E-state index is -0.643. The summed E-state index contributed by atoms with van der Waals surface area (Å²) < 4.78 is 5.19. The Morgan fingerprint density at radius 1 is 1.29 bits per heavy atom. The van der Waals surface area contributed by atoms with Crippen LogP contribution in [-0.2, 0) is 14.3 Å². The largest absolute Gasteiger partial charge is 0.460 e. The van der Waals surface area contributed by atoms with Crippen molar-refractivity contribution in [3.63, 3.8) is 0 Å². The standard InChI is InChI=1S/C19H29NO4/c1-4-15(10-24-16(21)12(2)3)20-17(22)18-6-13-5-14(7-18)9-19(23,8-13)11-18/h13-15,23H,2,4-11H2,1,3H3,(H,20,22). The number of hydrogen-bond donors (Lipinski definition) is 2. The average Bonchev–Trinajstić information content (AvgIpc) is 2.48. The zero-order chi connectivity index (χ0) is 17.5. The lowest BCUT2D eigenvalue weighted by Crippen LogP contribution is -2.61. The lowest BCUT2D eigenvalue weighted by atomic mass is 9.47. The second kappa shape index (κ2) is 6.17. The van der Waals surface area contributed by atoms with Gasteiger partial charge in [-0.15, -0.1) is 0 Å². The van der Waals surface area contributed by atoms with Crippen LogP contribution in [0.2, 0.25) is 0 Å². The molecule has 2 N–H and O–H groups in total. The van der Waals surface area contributed by atoms with Gasteiger partial charge in [-0.2, -0.15) is 0 Å². The van der Waals surface area contributed by atoms with Gasteiger partial charge in [-0.25, -0.2) is 4.79 Å². The SMILES string of the molecule is C=C(C)C(=O)OCC(CC)NC(=O)C12CC3CC(CC(O)(C3)C1)C2. The van der Waals surface area contributed by atoms with Crippen LogP contribution in [-0.4, -0.2) is 35.2 Å². The van der Waals surface area contributed by atoms with Crippen molar-refractivity contribution in [3.8, 4) is 0 Å². The molecule has 4 aliphatic carbocycles. The lowest BCUT2D eigenvalue weighted by molar-refractivity contribution is -0.179. The molecule has 0 saturated heterocycles. The molecule has 4 fully saturated rings. The third kappa shape index (κ3) is 3.23.